The van der Waals surface area contributed by atoms with Gasteiger partial charge in [-0.3, -0.25) is 0 Å². The van der Waals surface area contributed by atoms with Gasteiger partial charge in [0.2, 0.25) is 0 Å². The number of nitrogens with two attached hydrogens (primary N) is 2. The molecule has 11 nitrogen and oxygen atoms in total. The molecule has 0 heterocycles. The SMILES string of the molecule is N#CCCOCC(CO)(COCC/C(N)=N/O)COCC/C(N)=N\O. The Balaban J connectivity index is 4.50. The summed E-state index contributed by atoms with van der Waals surface area (Å²) in [4.78, 5) is 0. The van der Waals surface area contributed by atoms with E-state index in [2.05, 4.69) is 10.3 Å². The molecule has 0 aromatic rings. The van der Waals surface area contributed by atoms with Gasteiger partial charge in [-0.05, 0) is 0 Å². The van der Waals surface area contributed by atoms with Crippen molar-refractivity contribution >= 4 is 11.7 Å². The van der Waals surface area contributed by atoms with Crippen LogP contribution in [0.3, 0.4) is 0 Å². The number of hydrogen-bond donors (Lipinski definition) is 5. The van der Waals surface area contributed by atoms with Gasteiger partial charge in [0.05, 0.1) is 64.2 Å². The molecule has 0 rings (SSSR count). The van der Waals surface area contributed by atoms with Gasteiger partial charge < -0.3 is 41.2 Å². The van der Waals surface area contributed by atoms with Crippen LogP contribution in [0.15, 0.2) is 10.3 Å². The monoisotopic (exact) mass is 361 g/mol. The number of hydrogen-bond acceptors (Lipinski definition) is 9. The molecule has 0 aliphatic heterocycles. The highest BCUT2D eigenvalue weighted by atomic mass is 16.5. The summed E-state index contributed by atoms with van der Waals surface area (Å²) in [6, 6.07) is 1.96. The number of nitriles is 1. The number of aliphatic hydroxyl groups is 1. The molecule has 0 aliphatic rings. The summed E-state index contributed by atoms with van der Waals surface area (Å²) in [7, 11) is 0. The molecule has 0 fully saturated rings. The largest absolute Gasteiger partial charge is 0.409 e. The number of nitrogens with zero attached hydrogens (tertiary/aromatic N) is 3. The molecule has 11 heteroatoms. The molecule has 0 radical (unpaired) electrons. The third-order valence-corrected chi connectivity index (χ3v) is 3.18. The zero-order valence-corrected chi connectivity index (χ0v) is 14.1. The van der Waals surface area contributed by atoms with Gasteiger partial charge in [-0.15, -0.1) is 0 Å². The second-order valence-electron chi connectivity index (χ2n) is 5.41. The van der Waals surface area contributed by atoms with E-state index >= 15 is 0 Å². The number of amidine groups is 2. The van der Waals surface area contributed by atoms with E-state index in [0.717, 1.165) is 0 Å². The summed E-state index contributed by atoms with van der Waals surface area (Å²) >= 11 is 0. The Kier molecular flexibility index (Phi) is 13.0. The van der Waals surface area contributed by atoms with E-state index in [0.29, 0.717) is 0 Å². The summed E-state index contributed by atoms with van der Waals surface area (Å²) in [5.41, 5.74) is 9.87. The summed E-state index contributed by atoms with van der Waals surface area (Å²) in [6.07, 6.45) is 0.700. The average molecular weight is 361 g/mol. The highest BCUT2D eigenvalue weighted by Crippen LogP contribution is 2.19. The maximum atomic E-state index is 9.76. The smallest absolute Gasteiger partial charge is 0.141 e. The second kappa shape index (κ2) is 14.2. The molecule has 0 bridgehead atoms. The van der Waals surface area contributed by atoms with Gasteiger partial charge in [-0.25, -0.2) is 0 Å². The fourth-order valence-corrected chi connectivity index (χ4v) is 1.70. The minimum atomic E-state index is -0.842. The van der Waals surface area contributed by atoms with Crippen LogP contribution < -0.4 is 11.5 Å². The van der Waals surface area contributed by atoms with Crippen molar-refractivity contribution in [2.24, 2.45) is 27.2 Å². The minimum Gasteiger partial charge on any atom is -0.409 e. The van der Waals surface area contributed by atoms with E-state index in [4.69, 9.17) is 41.4 Å². The molecule has 0 aromatic carbocycles. The van der Waals surface area contributed by atoms with Crippen molar-refractivity contribution in [3.05, 3.63) is 0 Å². The maximum Gasteiger partial charge on any atom is 0.141 e. The summed E-state index contributed by atoms with van der Waals surface area (Å²) in [5, 5.41) is 40.9. The Morgan fingerprint density at radius 2 is 1.36 bits per heavy atom. The summed E-state index contributed by atoms with van der Waals surface area (Å²) < 4.78 is 16.4. The highest BCUT2D eigenvalue weighted by Gasteiger charge is 2.31. The van der Waals surface area contributed by atoms with Crippen molar-refractivity contribution in [3.63, 3.8) is 0 Å². The Morgan fingerprint density at radius 1 is 0.920 bits per heavy atom. The number of aliphatic hydroxyl groups excluding tert-OH is 1. The van der Waals surface area contributed by atoms with Crippen LogP contribution >= 0.6 is 0 Å². The molecule has 1 atom stereocenters. The van der Waals surface area contributed by atoms with Crippen LogP contribution in [-0.4, -0.2) is 73.4 Å². The zero-order chi connectivity index (χ0) is 19.0. The van der Waals surface area contributed by atoms with Crippen LogP contribution in [-0.2, 0) is 14.2 Å². The first-order valence-corrected chi connectivity index (χ1v) is 7.67. The van der Waals surface area contributed by atoms with Crippen molar-refractivity contribution in [2.75, 3.05) is 46.2 Å². The van der Waals surface area contributed by atoms with E-state index in [1.54, 1.807) is 0 Å². The van der Waals surface area contributed by atoms with E-state index in [-0.39, 0.29) is 77.2 Å². The van der Waals surface area contributed by atoms with Crippen molar-refractivity contribution in [1.29, 1.82) is 5.26 Å². The van der Waals surface area contributed by atoms with Crippen molar-refractivity contribution < 1.29 is 29.7 Å². The molecular formula is C14H27N5O6. The third kappa shape index (κ3) is 11.1. The lowest BCUT2D eigenvalue weighted by atomic mass is 9.92. The van der Waals surface area contributed by atoms with Crippen LogP contribution in [0, 0.1) is 16.7 Å². The molecule has 25 heavy (non-hydrogen) atoms. The Morgan fingerprint density at radius 3 is 1.72 bits per heavy atom. The van der Waals surface area contributed by atoms with Gasteiger partial charge in [0.25, 0.3) is 0 Å². The van der Waals surface area contributed by atoms with Crippen LogP contribution in [0.1, 0.15) is 19.3 Å². The molecular weight excluding hydrogens is 334 g/mol. The van der Waals surface area contributed by atoms with Crippen molar-refractivity contribution in [3.8, 4) is 6.07 Å². The predicted molar refractivity (Wildman–Crippen MR) is 88.3 cm³/mol. The van der Waals surface area contributed by atoms with Crippen LogP contribution in [0.5, 0.6) is 0 Å². The normalized spacial score (nSPS) is 14.9. The average Bonchev–Trinajstić information content (AvgIpc) is 2.64. The lowest BCUT2D eigenvalue weighted by Crippen LogP contribution is -2.41. The first-order valence-electron chi connectivity index (χ1n) is 7.67. The highest BCUT2D eigenvalue weighted by molar-refractivity contribution is 5.79. The Hall–Kier alpha value is -2.13. The van der Waals surface area contributed by atoms with E-state index in [1.165, 1.54) is 0 Å². The first kappa shape index (κ1) is 22.9. The molecule has 0 spiro atoms. The Labute approximate surface area is 146 Å². The van der Waals surface area contributed by atoms with Gasteiger partial charge >= 0.3 is 0 Å². The molecule has 0 aliphatic carbocycles. The summed E-state index contributed by atoms with van der Waals surface area (Å²) in [5.74, 6) is 0.0739. The molecule has 144 valence electrons. The molecule has 1 unspecified atom stereocenters. The Bertz CT molecular complexity index is 425. The molecule has 0 saturated carbocycles. The standard InChI is InChI=1S/C14H27N5O6/c15-4-1-5-23-9-14(8-20,10-24-6-2-12(16)18-21)11-25-7-3-13(17)19-22/h20-22H,1-3,5-11H2,(H2,16,18)(H2,17,19). The van der Waals surface area contributed by atoms with Crippen molar-refractivity contribution in [2.45, 2.75) is 19.3 Å². The third-order valence-electron chi connectivity index (χ3n) is 3.18. The molecule has 0 aromatic heterocycles. The molecule has 7 N–H and O–H groups in total. The quantitative estimate of drug-likeness (QED) is 0.0817. The van der Waals surface area contributed by atoms with Gasteiger partial charge in [0.15, 0.2) is 0 Å². The zero-order valence-electron chi connectivity index (χ0n) is 14.1. The van der Waals surface area contributed by atoms with E-state index < -0.39 is 5.41 Å². The van der Waals surface area contributed by atoms with Gasteiger partial charge in [-0.2, -0.15) is 5.26 Å². The number of oxime groups is 2. The molecule has 0 saturated heterocycles. The lowest BCUT2D eigenvalue weighted by Gasteiger charge is -2.31. The van der Waals surface area contributed by atoms with Gasteiger partial charge in [-0.1, -0.05) is 10.3 Å². The van der Waals surface area contributed by atoms with Crippen LogP contribution in [0.2, 0.25) is 0 Å². The fraction of sp³-hybridized carbons (Fsp3) is 0.786. The van der Waals surface area contributed by atoms with Crippen LogP contribution in [0.25, 0.3) is 0 Å². The minimum absolute atomic E-state index is 0.0369. The maximum absolute atomic E-state index is 9.76. The summed E-state index contributed by atoms with van der Waals surface area (Å²) in [6.45, 7) is 0.689. The van der Waals surface area contributed by atoms with Crippen molar-refractivity contribution in [1.82, 2.24) is 0 Å². The second-order valence-corrected chi connectivity index (χ2v) is 5.41. The van der Waals surface area contributed by atoms with Crippen LogP contribution in [0.4, 0.5) is 0 Å². The van der Waals surface area contributed by atoms with Gasteiger partial charge in [0, 0.05) is 12.8 Å². The van der Waals surface area contributed by atoms with E-state index in [9.17, 15) is 5.11 Å². The van der Waals surface area contributed by atoms with E-state index in [1.807, 2.05) is 6.07 Å². The predicted octanol–water partition coefficient (Wildman–Crippen LogP) is -0.798. The van der Waals surface area contributed by atoms with Gasteiger partial charge in [0.1, 0.15) is 11.7 Å². The number of rotatable bonds is 15. The topological polar surface area (TPSA) is 189 Å². The first-order chi connectivity index (χ1) is 12.0. The molecule has 0 amide bonds. The number of ether oxygens (including phenoxy) is 3. The fourth-order valence-electron chi connectivity index (χ4n) is 1.70. The lowest BCUT2D eigenvalue weighted by molar-refractivity contribution is -0.0906.